The van der Waals surface area contributed by atoms with Crippen LogP contribution in [-0.2, 0) is 0 Å². The summed E-state index contributed by atoms with van der Waals surface area (Å²) >= 11 is 1.40. The van der Waals surface area contributed by atoms with Crippen LogP contribution in [0.15, 0.2) is 36.4 Å². The van der Waals surface area contributed by atoms with Gasteiger partial charge in [0.2, 0.25) is 0 Å². The quantitative estimate of drug-likeness (QED) is 0.691. The maximum atomic E-state index is 11.1. The number of nitrogens with one attached hydrogen (secondary N) is 1. The topological polar surface area (TPSA) is 64.3 Å². The van der Waals surface area contributed by atoms with Gasteiger partial charge in [0.25, 0.3) is 5.91 Å². The van der Waals surface area contributed by atoms with E-state index < -0.39 is 0 Å². The van der Waals surface area contributed by atoms with Gasteiger partial charge in [0.05, 0.1) is 4.88 Å². The molecule has 0 spiro atoms. The van der Waals surface area contributed by atoms with Crippen molar-refractivity contribution < 1.29 is 9.53 Å². The molecule has 0 radical (unpaired) electrons. The number of hydrogen-bond donors (Lipinski definition) is 2. The molecule has 0 aliphatic carbocycles. The Bertz CT molecular complexity index is 620. The summed E-state index contributed by atoms with van der Waals surface area (Å²) in [6.45, 7) is 6.98. The van der Waals surface area contributed by atoms with E-state index in [2.05, 4.69) is 19.2 Å². The summed E-state index contributed by atoms with van der Waals surface area (Å²) in [4.78, 5) is 12.7. The molecule has 0 aliphatic heterocycles. The van der Waals surface area contributed by atoms with Gasteiger partial charge in [0, 0.05) is 11.4 Å². The standard InChI is InChI=1S/C18H24N2O2S/c1-13(2)9-10-20-11-12-22-15-5-3-14(4-6-15)16-7-8-17(23-16)18(19)21/h3-8,13,20H,9-12H2,1-2H3,(H2,19,21). The largest absolute Gasteiger partial charge is 0.492 e. The highest BCUT2D eigenvalue weighted by molar-refractivity contribution is 7.17. The van der Waals surface area contributed by atoms with Crippen molar-refractivity contribution in [1.29, 1.82) is 0 Å². The van der Waals surface area contributed by atoms with E-state index in [-0.39, 0.29) is 5.91 Å². The summed E-state index contributed by atoms with van der Waals surface area (Å²) in [7, 11) is 0. The highest BCUT2D eigenvalue weighted by atomic mass is 32.1. The van der Waals surface area contributed by atoms with E-state index in [1.165, 1.54) is 17.8 Å². The molecule has 1 amide bonds. The van der Waals surface area contributed by atoms with Gasteiger partial charge in [-0.15, -0.1) is 11.3 Å². The number of thiophene rings is 1. The van der Waals surface area contributed by atoms with Crippen LogP contribution in [0.2, 0.25) is 0 Å². The second kappa shape index (κ2) is 8.70. The number of ether oxygens (including phenoxy) is 1. The van der Waals surface area contributed by atoms with Gasteiger partial charge in [0.15, 0.2) is 0 Å². The van der Waals surface area contributed by atoms with E-state index in [4.69, 9.17) is 10.5 Å². The maximum Gasteiger partial charge on any atom is 0.258 e. The average molecular weight is 332 g/mol. The zero-order valence-corrected chi connectivity index (χ0v) is 14.5. The van der Waals surface area contributed by atoms with Crippen molar-refractivity contribution in [2.24, 2.45) is 11.7 Å². The van der Waals surface area contributed by atoms with Crippen molar-refractivity contribution in [2.45, 2.75) is 20.3 Å². The molecule has 4 nitrogen and oxygen atoms in total. The Kier molecular flexibility index (Phi) is 6.62. The second-order valence-electron chi connectivity index (χ2n) is 5.83. The molecule has 124 valence electrons. The molecule has 0 saturated heterocycles. The van der Waals surface area contributed by atoms with Crippen LogP contribution >= 0.6 is 11.3 Å². The minimum atomic E-state index is -0.383. The smallest absolute Gasteiger partial charge is 0.258 e. The Labute approximate surface area is 141 Å². The number of carbonyl (C=O) groups excluding carboxylic acids is 1. The lowest BCUT2D eigenvalue weighted by molar-refractivity contribution is 0.100. The molecule has 2 rings (SSSR count). The van der Waals surface area contributed by atoms with E-state index >= 15 is 0 Å². The summed E-state index contributed by atoms with van der Waals surface area (Å²) in [6.07, 6.45) is 1.18. The third-order valence-corrected chi connectivity index (χ3v) is 4.58. The minimum Gasteiger partial charge on any atom is -0.492 e. The number of nitrogens with two attached hydrogens (primary N) is 1. The fraction of sp³-hybridized carbons (Fsp3) is 0.389. The number of rotatable bonds is 9. The van der Waals surface area contributed by atoms with Crippen molar-refractivity contribution in [3.63, 3.8) is 0 Å². The minimum absolute atomic E-state index is 0.383. The number of amides is 1. The van der Waals surface area contributed by atoms with E-state index in [0.717, 1.165) is 35.2 Å². The van der Waals surface area contributed by atoms with E-state index in [1.807, 2.05) is 30.3 Å². The van der Waals surface area contributed by atoms with Crippen LogP contribution in [0, 0.1) is 5.92 Å². The summed E-state index contributed by atoms with van der Waals surface area (Å²) in [6, 6.07) is 11.6. The highest BCUT2D eigenvalue weighted by Gasteiger charge is 2.07. The molecule has 1 aromatic heterocycles. The van der Waals surface area contributed by atoms with Gasteiger partial charge in [0.1, 0.15) is 12.4 Å². The third kappa shape index (κ3) is 5.69. The van der Waals surface area contributed by atoms with Crippen LogP contribution in [0.1, 0.15) is 29.9 Å². The van der Waals surface area contributed by atoms with E-state index in [9.17, 15) is 4.79 Å². The molecule has 1 heterocycles. The molecule has 2 aromatic rings. The van der Waals surface area contributed by atoms with Gasteiger partial charge in [-0.3, -0.25) is 4.79 Å². The molecule has 23 heavy (non-hydrogen) atoms. The predicted molar refractivity (Wildman–Crippen MR) is 96.1 cm³/mol. The molecule has 0 bridgehead atoms. The number of hydrogen-bond acceptors (Lipinski definition) is 4. The van der Waals surface area contributed by atoms with Crippen LogP contribution in [0.4, 0.5) is 0 Å². The molecule has 5 heteroatoms. The van der Waals surface area contributed by atoms with E-state index in [1.54, 1.807) is 6.07 Å². The lowest BCUT2D eigenvalue weighted by Crippen LogP contribution is -2.22. The van der Waals surface area contributed by atoms with E-state index in [0.29, 0.717) is 11.5 Å². The normalized spacial score (nSPS) is 10.9. The first kappa shape index (κ1) is 17.5. The van der Waals surface area contributed by atoms with Crippen LogP contribution in [0.3, 0.4) is 0 Å². The molecular formula is C18H24N2O2S. The fourth-order valence-electron chi connectivity index (χ4n) is 2.10. The van der Waals surface area contributed by atoms with Crippen molar-refractivity contribution in [3.8, 4) is 16.2 Å². The average Bonchev–Trinajstić information content (AvgIpc) is 3.01. The maximum absolute atomic E-state index is 11.1. The lowest BCUT2D eigenvalue weighted by atomic mass is 10.1. The van der Waals surface area contributed by atoms with Crippen LogP contribution < -0.4 is 15.8 Å². The molecular weight excluding hydrogens is 308 g/mol. The number of primary amides is 1. The number of benzene rings is 1. The SMILES string of the molecule is CC(C)CCNCCOc1ccc(-c2ccc(C(N)=O)s2)cc1. The second-order valence-corrected chi connectivity index (χ2v) is 6.92. The molecule has 0 unspecified atom stereocenters. The first-order chi connectivity index (χ1) is 11.1. The van der Waals surface area contributed by atoms with Gasteiger partial charge in [-0.25, -0.2) is 0 Å². The van der Waals surface area contributed by atoms with Gasteiger partial charge in [-0.1, -0.05) is 13.8 Å². The summed E-state index contributed by atoms with van der Waals surface area (Å²) in [5.41, 5.74) is 6.34. The Morgan fingerprint density at radius 3 is 2.52 bits per heavy atom. The third-order valence-electron chi connectivity index (χ3n) is 3.43. The van der Waals surface area contributed by atoms with Crippen LogP contribution in [0.5, 0.6) is 5.75 Å². The van der Waals surface area contributed by atoms with Gasteiger partial charge in [-0.05, 0) is 60.8 Å². The zero-order chi connectivity index (χ0) is 16.7. The Balaban J connectivity index is 1.79. The monoisotopic (exact) mass is 332 g/mol. The van der Waals surface area contributed by atoms with Crippen molar-refractivity contribution >= 4 is 17.2 Å². The summed E-state index contributed by atoms with van der Waals surface area (Å²) < 4.78 is 5.71. The Hall–Kier alpha value is -1.85. The molecule has 3 N–H and O–H groups in total. The predicted octanol–water partition coefficient (Wildman–Crippen LogP) is 3.53. The molecule has 0 fully saturated rings. The van der Waals surface area contributed by atoms with Crippen LogP contribution in [0.25, 0.3) is 10.4 Å². The van der Waals surface area contributed by atoms with Crippen molar-refractivity contribution in [2.75, 3.05) is 19.7 Å². The van der Waals surface area contributed by atoms with Gasteiger partial charge in [-0.2, -0.15) is 0 Å². The summed E-state index contributed by atoms with van der Waals surface area (Å²) in [5.74, 6) is 1.19. The molecule has 1 aromatic carbocycles. The number of carbonyl (C=O) groups is 1. The fourth-order valence-corrected chi connectivity index (χ4v) is 2.96. The highest BCUT2D eigenvalue weighted by Crippen LogP contribution is 2.29. The molecule has 0 saturated carbocycles. The van der Waals surface area contributed by atoms with Gasteiger partial charge >= 0.3 is 0 Å². The lowest BCUT2D eigenvalue weighted by Gasteiger charge is -2.09. The van der Waals surface area contributed by atoms with Crippen molar-refractivity contribution in [1.82, 2.24) is 5.32 Å². The van der Waals surface area contributed by atoms with Gasteiger partial charge < -0.3 is 15.8 Å². The Morgan fingerprint density at radius 1 is 1.17 bits per heavy atom. The molecule has 0 atom stereocenters. The first-order valence-corrected chi connectivity index (χ1v) is 8.71. The Morgan fingerprint density at radius 2 is 1.91 bits per heavy atom. The van der Waals surface area contributed by atoms with Crippen LogP contribution in [-0.4, -0.2) is 25.6 Å². The van der Waals surface area contributed by atoms with Crippen molar-refractivity contribution in [3.05, 3.63) is 41.3 Å². The molecule has 0 aliphatic rings. The first-order valence-electron chi connectivity index (χ1n) is 7.90. The zero-order valence-electron chi connectivity index (χ0n) is 13.7. The summed E-state index contributed by atoms with van der Waals surface area (Å²) in [5, 5.41) is 3.37.